The molecule has 0 radical (unpaired) electrons. The summed E-state index contributed by atoms with van der Waals surface area (Å²) < 4.78 is 1.31. The van der Waals surface area contributed by atoms with E-state index in [1.807, 2.05) is 0 Å². The minimum Gasteiger partial charge on any atom is -0.324 e. The zero-order valence-corrected chi connectivity index (χ0v) is 13.1. The van der Waals surface area contributed by atoms with Crippen LogP contribution in [0.5, 0.6) is 0 Å². The molecule has 2 heteroatoms. The monoisotopic (exact) mass is 262 g/mol. The average Bonchev–Trinajstić information content (AvgIpc) is 2.37. The van der Waals surface area contributed by atoms with Crippen LogP contribution in [0.2, 0.25) is 0 Å². The highest BCUT2D eigenvalue weighted by Crippen LogP contribution is 2.13. The first-order valence-electron chi connectivity index (χ1n) is 7.65. The molecular formula is C15H33ClN+. The summed E-state index contributed by atoms with van der Waals surface area (Å²) in [4.78, 5) is 0. The van der Waals surface area contributed by atoms with Crippen LogP contribution in [0.3, 0.4) is 0 Å². The zero-order valence-electron chi connectivity index (χ0n) is 12.3. The third-order valence-electron chi connectivity index (χ3n) is 4.09. The van der Waals surface area contributed by atoms with E-state index in [9.17, 15) is 0 Å². The lowest BCUT2D eigenvalue weighted by atomic mass is 10.1. The van der Waals surface area contributed by atoms with Crippen molar-refractivity contribution in [2.75, 3.05) is 32.1 Å². The molecule has 0 fully saturated rings. The van der Waals surface area contributed by atoms with Gasteiger partial charge in [0, 0.05) is 5.88 Å². The largest absolute Gasteiger partial charge is 0.324 e. The van der Waals surface area contributed by atoms with Gasteiger partial charge in [-0.05, 0) is 39.5 Å². The van der Waals surface area contributed by atoms with E-state index in [2.05, 4.69) is 20.8 Å². The van der Waals surface area contributed by atoms with Gasteiger partial charge < -0.3 is 4.48 Å². The summed E-state index contributed by atoms with van der Waals surface area (Å²) in [5, 5.41) is 0. The van der Waals surface area contributed by atoms with E-state index in [1.165, 1.54) is 75.6 Å². The maximum absolute atomic E-state index is 5.77. The molecule has 0 saturated heterocycles. The predicted octanol–water partition coefficient (Wildman–Crippen LogP) is 4.83. The number of alkyl halides is 1. The molecule has 0 rings (SSSR count). The molecular weight excluding hydrogens is 230 g/mol. The fourth-order valence-electron chi connectivity index (χ4n) is 2.56. The van der Waals surface area contributed by atoms with Crippen LogP contribution in [0.4, 0.5) is 0 Å². The molecule has 0 aromatic heterocycles. The maximum atomic E-state index is 5.77. The second-order valence-corrected chi connectivity index (χ2v) is 5.61. The Bertz CT molecular complexity index is 155. The third-order valence-corrected chi connectivity index (χ3v) is 4.36. The minimum atomic E-state index is 0.823. The molecule has 0 aliphatic heterocycles. The highest BCUT2D eigenvalue weighted by atomic mass is 35.5. The summed E-state index contributed by atoms with van der Waals surface area (Å²) in [6.45, 7) is 12.2. The number of rotatable bonds is 12. The van der Waals surface area contributed by atoms with Crippen molar-refractivity contribution in [1.82, 2.24) is 0 Å². The average molecular weight is 263 g/mol. The first-order chi connectivity index (χ1) is 8.24. The smallest absolute Gasteiger partial charge is 0.0786 e. The summed E-state index contributed by atoms with van der Waals surface area (Å²) in [6.07, 6.45) is 9.47. The van der Waals surface area contributed by atoms with Gasteiger partial charge in [-0.3, -0.25) is 0 Å². The van der Waals surface area contributed by atoms with Gasteiger partial charge in [0.05, 0.1) is 26.2 Å². The second-order valence-electron chi connectivity index (χ2n) is 5.23. The van der Waals surface area contributed by atoms with E-state index in [1.54, 1.807) is 0 Å². The predicted molar refractivity (Wildman–Crippen MR) is 79.8 cm³/mol. The molecule has 0 amide bonds. The van der Waals surface area contributed by atoms with Gasteiger partial charge in [-0.25, -0.2) is 0 Å². The van der Waals surface area contributed by atoms with Crippen molar-refractivity contribution in [2.24, 2.45) is 0 Å². The number of nitrogens with zero attached hydrogens (tertiary/aromatic N) is 1. The van der Waals surface area contributed by atoms with Crippen LogP contribution < -0.4 is 0 Å². The Hall–Kier alpha value is 0.250. The van der Waals surface area contributed by atoms with Crippen molar-refractivity contribution < 1.29 is 4.48 Å². The number of unbranched alkanes of at least 4 members (excludes halogenated alkanes) is 5. The van der Waals surface area contributed by atoms with Gasteiger partial charge in [-0.1, -0.05) is 26.2 Å². The lowest BCUT2D eigenvalue weighted by Gasteiger charge is -2.37. The highest BCUT2D eigenvalue weighted by molar-refractivity contribution is 6.17. The Balaban J connectivity index is 3.85. The van der Waals surface area contributed by atoms with Crippen molar-refractivity contribution in [1.29, 1.82) is 0 Å². The highest BCUT2D eigenvalue weighted by Gasteiger charge is 2.21. The number of hydrogen-bond acceptors (Lipinski definition) is 0. The Kier molecular flexibility index (Phi) is 11.5. The maximum Gasteiger partial charge on any atom is 0.0786 e. The van der Waals surface area contributed by atoms with Crippen molar-refractivity contribution in [2.45, 2.75) is 65.7 Å². The molecule has 0 aliphatic rings. The zero-order chi connectivity index (χ0) is 13.0. The molecule has 0 N–H and O–H groups in total. The van der Waals surface area contributed by atoms with Crippen molar-refractivity contribution >= 4 is 11.6 Å². The summed E-state index contributed by atoms with van der Waals surface area (Å²) in [7, 11) is 0. The van der Waals surface area contributed by atoms with Gasteiger partial charge in [0.1, 0.15) is 0 Å². The molecule has 0 unspecified atom stereocenters. The Labute approximate surface area is 114 Å². The molecule has 1 nitrogen and oxygen atoms in total. The van der Waals surface area contributed by atoms with E-state index >= 15 is 0 Å². The topological polar surface area (TPSA) is 0 Å². The number of halogens is 1. The van der Waals surface area contributed by atoms with Crippen LogP contribution in [0.25, 0.3) is 0 Å². The molecule has 0 atom stereocenters. The minimum absolute atomic E-state index is 0.823. The second kappa shape index (κ2) is 11.3. The molecule has 0 spiro atoms. The van der Waals surface area contributed by atoms with Crippen molar-refractivity contribution in [3.63, 3.8) is 0 Å². The Morgan fingerprint density at radius 2 is 1.24 bits per heavy atom. The van der Waals surface area contributed by atoms with Crippen LogP contribution in [0, 0.1) is 0 Å². The summed E-state index contributed by atoms with van der Waals surface area (Å²) in [5.74, 6) is 0.823. The number of quaternary nitrogens is 1. The van der Waals surface area contributed by atoms with Gasteiger partial charge >= 0.3 is 0 Å². The lowest BCUT2D eigenvalue weighted by molar-refractivity contribution is -0.925. The molecule has 17 heavy (non-hydrogen) atoms. The van der Waals surface area contributed by atoms with Crippen LogP contribution in [-0.2, 0) is 0 Å². The van der Waals surface area contributed by atoms with E-state index < -0.39 is 0 Å². The standard InChI is InChI=1S/C15H33ClN/c1-4-7-8-9-11-14-17(5-2,6-3)15-12-10-13-16/h4-15H2,1-3H3/q+1. The van der Waals surface area contributed by atoms with Crippen molar-refractivity contribution in [3.05, 3.63) is 0 Å². The van der Waals surface area contributed by atoms with Crippen molar-refractivity contribution in [3.8, 4) is 0 Å². The first-order valence-corrected chi connectivity index (χ1v) is 8.19. The van der Waals surface area contributed by atoms with Gasteiger partial charge in [-0.15, -0.1) is 11.6 Å². The quantitative estimate of drug-likeness (QED) is 0.268. The van der Waals surface area contributed by atoms with Crippen LogP contribution in [0.1, 0.15) is 65.7 Å². The van der Waals surface area contributed by atoms with Crippen LogP contribution >= 0.6 is 11.6 Å². The summed E-state index contributed by atoms with van der Waals surface area (Å²) in [6, 6.07) is 0. The van der Waals surface area contributed by atoms with Gasteiger partial charge in [0.15, 0.2) is 0 Å². The van der Waals surface area contributed by atoms with Crippen LogP contribution in [0.15, 0.2) is 0 Å². The third kappa shape index (κ3) is 8.05. The molecule has 0 aromatic carbocycles. The van der Waals surface area contributed by atoms with Crippen LogP contribution in [-0.4, -0.2) is 36.5 Å². The SMILES string of the molecule is CCCCCCC[N+](CC)(CC)CCCCCl. The molecule has 0 saturated carbocycles. The first kappa shape index (κ1) is 17.2. The van der Waals surface area contributed by atoms with Gasteiger partial charge in [0.25, 0.3) is 0 Å². The van der Waals surface area contributed by atoms with Gasteiger partial charge in [-0.2, -0.15) is 0 Å². The summed E-state index contributed by atoms with van der Waals surface area (Å²) >= 11 is 5.77. The van der Waals surface area contributed by atoms with E-state index in [0.717, 1.165) is 5.88 Å². The number of hydrogen-bond donors (Lipinski definition) is 0. The molecule has 0 bridgehead atoms. The van der Waals surface area contributed by atoms with E-state index in [4.69, 9.17) is 11.6 Å². The van der Waals surface area contributed by atoms with E-state index in [-0.39, 0.29) is 0 Å². The summed E-state index contributed by atoms with van der Waals surface area (Å²) in [5.41, 5.74) is 0. The Morgan fingerprint density at radius 1 is 0.706 bits per heavy atom. The van der Waals surface area contributed by atoms with Gasteiger partial charge in [0.2, 0.25) is 0 Å². The molecule has 0 heterocycles. The fraction of sp³-hybridized carbons (Fsp3) is 1.00. The van der Waals surface area contributed by atoms with E-state index in [0.29, 0.717) is 0 Å². The Morgan fingerprint density at radius 3 is 1.71 bits per heavy atom. The molecule has 104 valence electrons. The normalized spacial score (nSPS) is 12.0. The molecule has 0 aromatic rings. The lowest BCUT2D eigenvalue weighted by Crippen LogP contribution is -2.49. The fourth-order valence-corrected chi connectivity index (χ4v) is 2.75. The molecule has 0 aliphatic carbocycles.